The zero-order valence-electron chi connectivity index (χ0n) is 14.5. The summed E-state index contributed by atoms with van der Waals surface area (Å²) in [5, 5.41) is 0. The van der Waals surface area contributed by atoms with E-state index in [9.17, 15) is 0 Å². The molecule has 0 amide bonds. The number of aromatic nitrogens is 1. The second-order valence-electron chi connectivity index (χ2n) is 3.99. The van der Waals surface area contributed by atoms with Crippen LogP contribution in [0, 0.1) is 20.7 Å². The van der Waals surface area contributed by atoms with E-state index >= 15 is 0 Å². The Morgan fingerprint density at radius 1 is 1.12 bits per heavy atom. The molecule has 0 aliphatic carbocycles. The quantitative estimate of drug-likeness (QED) is 0.646. The van der Waals surface area contributed by atoms with Crippen LogP contribution in [0.3, 0.4) is 0 Å². The van der Waals surface area contributed by atoms with Gasteiger partial charge in [-0.3, -0.25) is 0 Å². The average Bonchev–Trinajstić information content (AvgIpc) is 2.38. The third-order valence-electron chi connectivity index (χ3n) is 2.66. The normalized spacial score (nSPS) is 16.1. The van der Waals surface area contributed by atoms with Gasteiger partial charge in [0.1, 0.15) is 7.05 Å². The van der Waals surface area contributed by atoms with Crippen molar-refractivity contribution in [1.82, 2.24) is 0 Å². The SMILES string of the molecule is [2H]C([2H])c1ccc(-c2ccc(C([2H])([2H])[2H])c[n+]2C)c(C)c1. The van der Waals surface area contributed by atoms with Crippen molar-refractivity contribution >= 4 is 0 Å². The summed E-state index contributed by atoms with van der Waals surface area (Å²) in [6.45, 7) is -1.18. The van der Waals surface area contributed by atoms with Gasteiger partial charge in [-0.15, -0.1) is 0 Å². The van der Waals surface area contributed by atoms with Gasteiger partial charge in [0, 0.05) is 24.0 Å². The van der Waals surface area contributed by atoms with Crippen LogP contribution in [-0.4, -0.2) is 0 Å². The molecule has 0 atom stereocenters. The second kappa shape index (κ2) is 4.09. The van der Waals surface area contributed by atoms with Crippen LogP contribution in [0.1, 0.15) is 23.5 Å². The molecule has 2 rings (SSSR count). The minimum absolute atomic E-state index is 0.306. The van der Waals surface area contributed by atoms with E-state index in [1.165, 1.54) is 0 Å². The van der Waals surface area contributed by atoms with Gasteiger partial charge < -0.3 is 0 Å². The van der Waals surface area contributed by atoms with E-state index in [0.29, 0.717) is 11.1 Å². The van der Waals surface area contributed by atoms with Gasteiger partial charge in [0.2, 0.25) is 5.69 Å². The third kappa shape index (κ3) is 1.99. The number of nitrogens with zero attached hydrogens (tertiary/aromatic N) is 1. The molecule has 0 saturated heterocycles. The smallest absolute Gasteiger partial charge is 0.201 e. The van der Waals surface area contributed by atoms with Crippen LogP contribution in [0.2, 0.25) is 0 Å². The topological polar surface area (TPSA) is 3.88 Å². The summed E-state index contributed by atoms with van der Waals surface area (Å²) < 4.78 is 39.0. The molecular weight excluding hydrogens is 194 g/mol. The molecule has 1 heteroatoms. The predicted octanol–water partition coefficient (Wildman–Crippen LogP) is 3.10. The van der Waals surface area contributed by atoms with Gasteiger partial charge in [-0.2, -0.15) is 0 Å². The van der Waals surface area contributed by atoms with Crippen LogP contribution in [0.5, 0.6) is 0 Å². The maximum Gasteiger partial charge on any atom is 0.212 e. The summed E-state index contributed by atoms with van der Waals surface area (Å²) in [6.07, 6.45) is 1.62. The molecule has 1 nitrogen and oxygen atoms in total. The Balaban J connectivity index is 2.48. The van der Waals surface area contributed by atoms with E-state index in [0.717, 1.165) is 16.8 Å². The zero-order chi connectivity index (χ0) is 15.8. The van der Waals surface area contributed by atoms with Crippen molar-refractivity contribution in [2.24, 2.45) is 7.05 Å². The maximum atomic E-state index is 7.44. The third-order valence-corrected chi connectivity index (χ3v) is 2.66. The minimum atomic E-state index is -2.11. The summed E-state index contributed by atoms with van der Waals surface area (Å²) in [5.41, 5.74) is 3.80. The fourth-order valence-electron chi connectivity index (χ4n) is 1.86. The van der Waals surface area contributed by atoms with Gasteiger partial charge >= 0.3 is 0 Å². The highest BCUT2D eigenvalue weighted by Gasteiger charge is 2.11. The van der Waals surface area contributed by atoms with E-state index in [-0.39, 0.29) is 0 Å². The molecule has 1 aromatic carbocycles. The Hall–Kier alpha value is -1.63. The first-order chi connectivity index (χ1) is 9.70. The monoisotopic (exact) mass is 217 g/mol. The first kappa shape index (κ1) is 6.19. The maximum absolute atomic E-state index is 7.44. The van der Waals surface area contributed by atoms with Crippen LogP contribution >= 0.6 is 0 Å². The van der Waals surface area contributed by atoms with Crippen molar-refractivity contribution in [2.45, 2.75) is 20.7 Å². The lowest BCUT2D eigenvalue weighted by molar-refractivity contribution is -0.660. The van der Waals surface area contributed by atoms with Crippen molar-refractivity contribution in [2.75, 3.05) is 0 Å². The fourth-order valence-corrected chi connectivity index (χ4v) is 1.86. The summed E-state index contributed by atoms with van der Waals surface area (Å²) in [4.78, 5) is 0. The van der Waals surface area contributed by atoms with Gasteiger partial charge in [-0.05, 0) is 38.3 Å². The van der Waals surface area contributed by atoms with Crippen molar-refractivity contribution in [3.05, 3.63) is 53.2 Å². The molecule has 0 saturated carbocycles. The summed E-state index contributed by atoms with van der Waals surface area (Å²) in [7, 11) is 1.82. The fraction of sp³-hybridized carbons (Fsp3) is 0.267. The lowest BCUT2D eigenvalue weighted by Gasteiger charge is -2.05. The lowest BCUT2D eigenvalue weighted by Crippen LogP contribution is -2.31. The van der Waals surface area contributed by atoms with Gasteiger partial charge in [-0.1, -0.05) is 17.7 Å². The standard InChI is InChI=1S/C15H18N/c1-11-5-7-14(13(3)9-11)15-8-6-12(2)10-16(15)4/h5-10H,1-4H3/q+1/i1D2,2D3. The number of pyridine rings is 1. The molecule has 1 heterocycles. The number of hydrogen-bond donors (Lipinski definition) is 0. The zero-order valence-corrected chi connectivity index (χ0v) is 9.49. The molecule has 0 bridgehead atoms. The highest BCUT2D eigenvalue weighted by atomic mass is 14.9. The molecule has 0 aliphatic heterocycles. The molecule has 16 heavy (non-hydrogen) atoms. The van der Waals surface area contributed by atoms with Crippen LogP contribution in [0.4, 0.5) is 0 Å². The van der Waals surface area contributed by atoms with Crippen molar-refractivity contribution in [3.8, 4) is 11.3 Å². The predicted molar refractivity (Wildman–Crippen MR) is 67.3 cm³/mol. The highest BCUT2D eigenvalue weighted by molar-refractivity contribution is 5.61. The van der Waals surface area contributed by atoms with E-state index in [4.69, 9.17) is 6.85 Å². The van der Waals surface area contributed by atoms with E-state index < -0.39 is 13.7 Å². The Morgan fingerprint density at radius 2 is 1.94 bits per heavy atom. The summed E-state index contributed by atoms with van der Waals surface area (Å²) in [5.74, 6) is 0. The van der Waals surface area contributed by atoms with E-state index in [2.05, 4.69) is 0 Å². The number of rotatable bonds is 1. The first-order valence-electron chi connectivity index (χ1n) is 7.81. The Bertz CT molecular complexity index is 662. The molecule has 82 valence electrons. The molecule has 0 fully saturated rings. The second-order valence-corrected chi connectivity index (χ2v) is 3.99. The van der Waals surface area contributed by atoms with Crippen LogP contribution < -0.4 is 4.57 Å². The molecular formula is C15H18N+. The van der Waals surface area contributed by atoms with Crippen molar-refractivity contribution < 1.29 is 11.4 Å². The number of hydrogen-bond acceptors (Lipinski definition) is 0. The molecule has 1 aromatic heterocycles. The van der Waals surface area contributed by atoms with E-state index in [1.54, 1.807) is 29.0 Å². The van der Waals surface area contributed by atoms with Gasteiger partial charge in [0.25, 0.3) is 0 Å². The first-order valence-corrected chi connectivity index (χ1v) is 5.16. The minimum Gasteiger partial charge on any atom is -0.201 e. The Kier molecular flexibility index (Phi) is 1.58. The van der Waals surface area contributed by atoms with Crippen molar-refractivity contribution in [1.29, 1.82) is 0 Å². The molecule has 0 unspecified atom stereocenters. The average molecular weight is 217 g/mol. The number of benzene rings is 1. The summed E-state index contributed by atoms with van der Waals surface area (Å²) in [6, 6.07) is 8.89. The van der Waals surface area contributed by atoms with Gasteiger partial charge in [0.15, 0.2) is 6.20 Å². The highest BCUT2D eigenvalue weighted by Crippen LogP contribution is 2.21. The van der Waals surface area contributed by atoms with Crippen LogP contribution in [-0.2, 0) is 7.05 Å². The molecule has 2 aromatic rings. The largest absolute Gasteiger partial charge is 0.212 e. The summed E-state index contributed by atoms with van der Waals surface area (Å²) >= 11 is 0. The van der Waals surface area contributed by atoms with Gasteiger partial charge in [-0.25, -0.2) is 4.57 Å². The molecule has 0 spiro atoms. The molecule has 0 radical (unpaired) electrons. The number of aryl methyl sites for hydroxylation is 4. The van der Waals surface area contributed by atoms with E-state index in [1.807, 2.05) is 26.1 Å². The van der Waals surface area contributed by atoms with Gasteiger partial charge in [0.05, 0.1) is 0 Å². The van der Waals surface area contributed by atoms with Crippen LogP contribution in [0.25, 0.3) is 11.3 Å². The lowest BCUT2D eigenvalue weighted by atomic mass is 10.0. The van der Waals surface area contributed by atoms with Crippen molar-refractivity contribution in [3.63, 3.8) is 0 Å². The molecule has 0 N–H and O–H groups in total. The van der Waals surface area contributed by atoms with Crippen LogP contribution in [0.15, 0.2) is 36.5 Å². The Morgan fingerprint density at radius 3 is 2.56 bits per heavy atom. The molecule has 0 aliphatic rings. The Labute approximate surface area is 104 Å².